The fraction of sp³-hybridized carbons (Fsp3) is 0.136. The van der Waals surface area contributed by atoms with Gasteiger partial charge in [-0.1, -0.05) is 41.9 Å². The largest absolute Gasteiger partial charge is 0.381 e. The van der Waals surface area contributed by atoms with Crippen LogP contribution in [0.3, 0.4) is 0 Å². The van der Waals surface area contributed by atoms with Gasteiger partial charge in [-0.2, -0.15) is 0 Å². The molecule has 1 unspecified atom stereocenters. The van der Waals surface area contributed by atoms with E-state index in [1.807, 2.05) is 54.6 Å². The molecule has 10 heteroatoms. The minimum absolute atomic E-state index is 0.111. The third-order valence-corrected chi connectivity index (χ3v) is 5.61. The van der Waals surface area contributed by atoms with E-state index in [-0.39, 0.29) is 17.3 Å². The zero-order chi connectivity index (χ0) is 22.4. The van der Waals surface area contributed by atoms with E-state index in [4.69, 9.17) is 17.3 Å². The first-order valence-electron chi connectivity index (χ1n) is 9.95. The lowest BCUT2D eigenvalue weighted by molar-refractivity contribution is 0.0942. The topological polar surface area (TPSA) is 116 Å². The normalized spacial score (nSPS) is 12.3. The molecular formula is C22H19ClN8O. The zero-order valence-electron chi connectivity index (χ0n) is 17.3. The summed E-state index contributed by atoms with van der Waals surface area (Å²) in [6.07, 6.45) is 3.28. The second-order valence-corrected chi connectivity index (χ2v) is 7.82. The number of nitrogen functional groups attached to an aromatic ring is 1. The van der Waals surface area contributed by atoms with Crippen molar-refractivity contribution >= 4 is 34.6 Å². The highest BCUT2D eigenvalue weighted by atomic mass is 35.5. The Labute approximate surface area is 187 Å². The SMILES string of the molecule is Cc1nnc2c(Cl)cc(C(C)NC(=O)c3c(N)nn4cccnc34)c(-c3ccccc3)n12. The second-order valence-electron chi connectivity index (χ2n) is 7.41. The summed E-state index contributed by atoms with van der Waals surface area (Å²) >= 11 is 6.54. The molecule has 5 rings (SSSR count). The fourth-order valence-corrected chi connectivity index (χ4v) is 4.11. The standard InChI is InChI=1S/C22H19ClN8O/c1-12(26-22(32)17-19(24)29-30-10-6-9-25-21(17)30)15-11-16(23)20-28-27-13(2)31(20)18(15)14-7-4-3-5-8-14/h3-12H,1-2H3,(H2,24,29)(H,26,32). The molecule has 32 heavy (non-hydrogen) atoms. The van der Waals surface area contributed by atoms with Crippen LogP contribution in [0.15, 0.2) is 54.9 Å². The highest BCUT2D eigenvalue weighted by Crippen LogP contribution is 2.34. The van der Waals surface area contributed by atoms with Gasteiger partial charge in [0, 0.05) is 18.0 Å². The highest BCUT2D eigenvalue weighted by molar-refractivity contribution is 6.33. The van der Waals surface area contributed by atoms with Crippen LogP contribution in [0.1, 0.15) is 34.7 Å². The summed E-state index contributed by atoms with van der Waals surface area (Å²) in [6, 6.07) is 13.0. The van der Waals surface area contributed by atoms with Crippen molar-refractivity contribution in [2.75, 3.05) is 5.73 Å². The number of hydrogen-bond acceptors (Lipinski definition) is 6. The molecule has 3 N–H and O–H groups in total. The molecule has 0 aliphatic heterocycles. The molecule has 0 bridgehead atoms. The number of pyridine rings is 1. The number of carbonyl (C=O) groups is 1. The molecule has 0 radical (unpaired) electrons. The summed E-state index contributed by atoms with van der Waals surface area (Å²) in [5.41, 5.74) is 9.81. The van der Waals surface area contributed by atoms with Crippen LogP contribution in [-0.2, 0) is 0 Å². The van der Waals surface area contributed by atoms with E-state index in [2.05, 4.69) is 25.6 Å². The lowest BCUT2D eigenvalue weighted by Gasteiger charge is -2.20. The predicted molar refractivity (Wildman–Crippen MR) is 121 cm³/mol. The Balaban J connectivity index is 1.62. The number of rotatable bonds is 4. The van der Waals surface area contributed by atoms with Crippen molar-refractivity contribution in [3.05, 3.63) is 76.8 Å². The molecule has 0 spiro atoms. The first-order valence-corrected chi connectivity index (χ1v) is 10.3. The maximum absolute atomic E-state index is 13.2. The van der Waals surface area contributed by atoms with E-state index in [9.17, 15) is 4.79 Å². The van der Waals surface area contributed by atoms with Crippen LogP contribution in [0.2, 0.25) is 5.02 Å². The number of hydrogen-bond donors (Lipinski definition) is 2. The average Bonchev–Trinajstić information content (AvgIpc) is 3.34. The van der Waals surface area contributed by atoms with Crippen molar-refractivity contribution < 1.29 is 4.79 Å². The maximum atomic E-state index is 13.2. The number of nitrogens with two attached hydrogens (primary N) is 1. The number of benzene rings is 1. The number of fused-ring (bicyclic) bond motifs is 2. The van der Waals surface area contributed by atoms with Crippen molar-refractivity contribution in [1.29, 1.82) is 0 Å². The minimum Gasteiger partial charge on any atom is -0.381 e. The number of halogens is 1. The van der Waals surface area contributed by atoms with E-state index in [1.54, 1.807) is 18.5 Å². The van der Waals surface area contributed by atoms with E-state index in [1.165, 1.54) is 4.52 Å². The predicted octanol–water partition coefficient (Wildman–Crippen LogP) is 3.47. The van der Waals surface area contributed by atoms with Crippen molar-refractivity contribution in [1.82, 2.24) is 34.5 Å². The van der Waals surface area contributed by atoms with Crippen LogP contribution in [0.4, 0.5) is 5.82 Å². The Bertz CT molecular complexity index is 1470. The number of amides is 1. The molecule has 4 aromatic heterocycles. The molecule has 0 aliphatic carbocycles. The second kappa shape index (κ2) is 7.61. The maximum Gasteiger partial charge on any atom is 0.259 e. The summed E-state index contributed by atoms with van der Waals surface area (Å²) in [5, 5.41) is 16.0. The highest BCUT2D eigenvalue weighted by Gasteiger charge is 2.24. The van der Waals surface area contributed by atoms with Gasteiger partial charge in [-0.15, -0.1) is 15.3 Å². The lowest BCUT2D eigenvalue weighted by atomic mass is 10.00. The van der Waals surface area contributed by atoms with E-state index >= 15 is 0 Å². The van der Waals surface area contributed by atoms with Crippen molar-refractivity contribution in [2.45, 2.75) is 19.9 Å². The fourth-order valence-electron chi connectivity index (χ4n) is 3.87. The minimum atomic E-state index is -0.417. The van der Waals surface area contributed by atoms with Crippen molar-refractivity contribution in [3.63, 3.8) is 0 Å². The van der Waals surface area contributed by atoms with E-state index in [0.717, 1.165) is 16.8 Å². The molecule has 0 aliphatic rings. The van der Waals surface area contributed by atoms with Crippen LogP contribution in [0.25, 0.3) is 22.6 Å². The number of carbonyl (C=O) groups excluding carboxylic acids is 1. The number of anilines is 1. The molecule has 1 amide bonds. The smallest absolute Gasteiger partial charge is 0.259 e. The summed E-state index contributed by atoms with van der Waals surface area (Å²) in [6.45, 7) is 3.75. The van der Waals surface area contributed by atoms with Crippen LogP contribution >= 0.6 is 11.6 Å². The summed E-state index contributed by atoms with van der Waals surface area (Å²) in [5.74, 6) is 0.427. The molecule has 5 aromatic rings. The van der Waals surface area contributed by atoms with Gasteiger partial charge in [-0.05, 0) is 31.5 Å². The molecule has 1 aromatic carbocycles. The quantitative estimate of drug-likeness (QED) is 0.436. The van der Waals surface area contributed by atoms with Crippen molar-refractivity contribution in [3.8, 4) is 11.3 Å². The Morgan fingerprint density at radius 1 is 1.16 bits per heavy atom. The third kappa shape index (κ3) is 3.14. The summed E-state index contributed by atoms with van der Waals surface area (Å²) in [4.78, 5) is 17.4. The lowest BCUT2D eigenvalue weighted by Crippen LogP contribution is -2.28. The Morgan fingerprint density at radius 3 is 2.72 bits per heavy atom. The molecule has 1 atom stereocenters. The van der Waals surface area contributed by atoms with Gasteiger partial charge in [0.1, 0.15) is 11.4 Å². The molecular weight excluding hydrogens is 428 g/mol. The van der Waals surface area contributed by atoms with Crippen LogP contribution < -0.4 is 11.1 Å². The molecule has 160 valence electrons. The Hall–Kier alpha value is -3.98. The summed E-state index contributed by atoms with van der Waals surface area (Å²) in [7, 11) is 0. The monoisotopic (exact) mass is 446 g/mol. The van der Waals surface area contributed by atoms with Crippen LogP contribution in [0, 0.1) is 6.92 Å². The van der Waals surface area contributed by atoms with E-state index in [0.29, 0.717) is 22.1 Å². The number of aryl methyl sites for hydroxylation is 1. The molecule has 0 fully saturated rings. The Morgan fingerprint density at radius 2 is 1.94 bits per heavy atom. The van der Waals surface area contributed by atoms with Gasteiger partial charge >= 0.3 is 0 Å². The number of nitrogens with zero attached hydrogens (tertiary/aromatic N) is 6. The number of nitrogens with one attached hydrogen (secondary N) is 1. The number of aromatic nitrogens is 6. The third-order valence-electron chi connectivity index (χ3n) is 5.33. The molecule has 0 saturated heterocycles. The van der Waals surface area contributed by atoms with Gasteiger partial charge in [0.05, 0.1) is 16.8 Å². The van der Waals surface area contributed by atoms with Gasteiger partial charge in [-0.3, -0.25) is 9.20 Å². The average molecular weight is 447 g/mol. The van der Waals surface area contributed by atoms with Gasteiger partial charge in [0.2, 0.25) is 0 Å². The van der Waals surface area contributed by atoms with Crippen LogP contribution in [0.5, 0.6) is 0 Å². The molecule has 4 heterocycles. The van der Waals surface area contributed by atoms with Gasteiger partial charge in [0.25, 0.3) is 5.91 Å². The van der Waals surface area contributed by atoms with Crippen molar-refractivity contribution in [2.24, 2.45) is 0 Å². The summed E-state index contributed by atoms with van der Waals surface area (Å²) < 4.78 is 3.38. The molecule has 0 saturated carbocycles. The van der Waals surface area contributed by atoms with Crippen LogP contribution in [-0.4, -0.2) is 35.1 Å². The van der Waals surface area contributed by atoms with Gasteiger partial charge < -0.3 is 11.1 Å². The van der Waals surface area contributed by atoms with E-state index < -0.39 is 6.04 Å². The zero-order valence-corrected chi connectivity index (χ0v) is 18.1. The first kappa shape index (κ1) is 20.0. The van der Waals surface area contributed by atoms with Gasteiger partial charge in [0.15, 0.2) is 17.1 Å². The Kier molecular flexibility index (Phi) is 4.75. The first-order chi connectivity index (χ1) is 15.5. The van der Waals surface area contributed by atoms with Gasteiger partial charge in [-0.25, -0.2) is 9.50 Å². The molecule has 9 nitrogen and oxygen atoms in total.